The van der Waals surface area contributed by atoms with Gasteiger partial charge in [-0.25, -0.2) is 4.79 Å². The first-order valence-electron chi connectivity index (χ1n) is 10.5. The number of hydrogen-bond donors (Lipinski definition) is 0. The SMILES string of the molecule is COc1cc(/C=C2\SC(=O)N(Cc3ccc(Cl)c(Cl)c3)C2=O)cc(Cl)c1OC(=O)c1ccc(C)cc1. The fourth-order valence-corrected chi connectivity index (χ4v) is 4.79. The minimum atomic E-state index is -0.591. The predicted octanol–water partition coefficient (Wildman–Crippen LogP) is 7.42. The van der Waals surface area contributed by atoms with Crippen LogP contribution < -0.4 is 9.47 Å². The Morgan fingerprint density at radius 2 is 1.69 bits per heavy atom. The van der Waals surface area contributed by atoms with Gasteiger partial charge in [0, 0.05) is 0 Å². The van der Waals surface area contributed by atoms with Crippen molar-refractivity contribution in [3.05, 3.63) is 96.8 Å². The summed E-state index contributed by atoms with van der Waals surface area (Å²) in [4.78, 5) is 39.3. The summed E-state index contributed by atoms with van der Waals surface area (Å²) in [6, 6.07) is 14.9. The average molecular weight is 563 g/mol. The first kappa shape index (κ1) is 26.1. The van der Waals surface area contributed by atoms with Gasteiger partial charge >= 0.3 is 5.97 Å². The Labute approximate surface area is 226 Å². The lowest BCUT2D eigenvalue weighted by Crippen LogP contribution is -2.27. The Morgan fingerprint density at radius 1 is 0.972 bits per heavy atom. The lowest BCUT2D eigenvalue weighted by atomic mass is 10.1. The largest absolute Gasteiger partial charge is 0.493 e. The van der Waals surface area contributed by atoms with E-state index in [1.54, 1.807) is 48.5 Å². The predicted molar refractivity (Wildman–Crippen MR) is 142 cm³/mol. The Bertz CT molecular complexity index is 1410. The van der Waals surface area contributed by atoms with E-state index in [0.29, 0.717) is 26.7 Å². The van der Waals surface area contributed by atoms with Gasteiger partial charge < -0.3 is 9.47 Å². The van der Waals surface area contributed by atoms with Crippen molar-refractivity contribution in [1.82, 2.24) is 4.90 Å². The molecule has 1 heterocycles. The van der Waals surface area contributed by atoms with Gasteiger partial charge in [0.15, 0.2) is 11.5 Å². The fraction of sp³-hybridized carbons (Fsp3) is 0.115. The molecule has 2 amide bonds. The zero-order valence-corrected chi connectivity index (χ0v) is 22.1. The second-order valence-electron chi connectivity index (χ2n) is 7.81. The highest BCUT2D eigenvalue weighted by molar-refractivity contribution is 8.18. The fourth-order valence-electron chi connectivity index (χ4n) is 3.37. The van der Waals surface area contributed by atoms with Gasteiger partial charge in [-0.3, -0.25) is 14.5 Å². The molecule has 0 atom stereocenters. The van der Waals surface area contributed by atoms with E-state index in [0.717, 1.165) is 22.2 Å². The molecule has 36 heavy (non-hydrogen) atoms. The molecule has 0 N–H and O–H groups in total. The van der Waals surface area contributed by atoms with Crippen molar-refractivity contribution in [3.8, 4) is 11.5 Å². The number of benzene rings is 3. The number of amides is 2. The zero-order chi connectivity index (χ0) is 26.0. The van der Waals surface area contributed by atoms with Crippen molar-refractivity contribution in [2.75, 3.05) is 7.11 Å². The Hall–Kier alpha value is -2.97. The molecule has 0 spiro atoms. The standard InChI is InChI=1S/C26H18Cl3NO5S/c1-14-3-6-17(7-4-14)25(32)35-23-20(29)10-16(11-21(23)34-2)12-22-24(31)30(26(33)36-22)13-15-5-8-18(27)19(28)9-15/h3-12H,13H2,1-2H3/b22-12-. The number of aryl methyl sites for hydroxylation is 1. The summed E-state index contributed by atoms with van der Waals surface area (Å²) in [7, 11) is 1.41. The van der Waals surface area contributed by atoms with Crippen LogP contribution in [0.1, 0.15) is 27.0 Å². The van der Waals surface area contributed by atoms with Crippen LogP contribution in [0, 0.1) is 6.92 Å². The van der Waals surface area contributed by atoms with Crippen molar-refractivity contribution >= 4 is 69.8 Å². The molecule has 6 nitrogen and oxygen atoms in total. The average Bonchev–Trinajstić information content (AvgIpc) is 3.10. The second kappa shape index (κ2) is 11.0. The summed E-state index contributed by atoms with van der Waals surface area (Å²) in [5, 5.41) is 0.407. The van der Waals surface area contributed by atoms with Crippen LogP contribution in [0.15, 0.2) is 59.5 Å². The van der Waals surface area contributed by atoms with Crippen LogP contribution in [0.5, 0.6) is 11.5 Å². The number of ether oxygens (including phenoxy) is 2. The number of halogens is 3. The van der Waals surface area contributed by atoms with Crippen molar-refractivity contribution in [2.45, 2.75) is 13.5 Å². The van der Waals surface area contributed by atoms with E-state index < -0.39 is 17.1 Å². The van der Waals surface area contributed by atoms with Crippen LogP contribution in [0.2, 0.25) is 15.1 Å². The Balaban J connectivity index is 1.56. The highest BCUT2D eigenvalue weighted by Crippen LogP contribution is 2.39. The molecule has 10 heteroatoms. The molecule has 0 unspecified atom stereocenters. The van der Waals surface area contributed by atoms with Crippen LogP contribution in [0.3, 0.4) is 0 Å². The van der Waals surface area contributed by atoms with E-state index >= 15 is 0 Å². The van der Waals surface area contributed by atoms with Crippen LogP contribution in [0.25, 0.3) is 6.08 Å². The number of thioether (sulfide) groups is 1. The maximum absolute atomic E-state index is 12.9. The van der Waals surface area contributed by atoms with E-state index in [-0.39, 0.29) is 28.0 Å². The molecule has 0 aliphatic carbocycles. The van der Waals surface area contributed by atoms with Crippen LogP contribution in [-0.2, 0) is 11.3 Å². The van der Waals surface area contributed by atoms with Gasteiger partial charge in [-0.15, -0.1) is 0 Å². The Kier molecular flexibility index (Phi) is 7.95. The second-order valence-corrected chi connectivity index (χ2v) is 10.0. The molecule has 3 aromatic rings. The molecule has 1 aliphatic heterocycles. The number of carbonyl (C=O) groups excluding carboxylic acids is 3. The third kappa shape index (κ3) is 5.71. The van der Waals surface area contributed by atoms with Crippen molar-refractivity contribution in [2.24, 2.45) is 0 Å². The van der Waals surface area contributed by atoms with Gasteiger partial charge in [-0.2, -0.15) is 0 Å². The summed E-state index contributed by atoms with van der Waals surface area (Å²) in [6.07, 6.45) is 1.53. The van der Waals surface area contributed by atoms with Crippen molar-refractivity contribution < 1.29 is 23.9 Å². The van der Waals surface area contributed by atoms with Crippen LogP contribution in [-0.4, -0.2) is 29.1 Å². The lowest BCUT2D eigenvalue weighted by molar-refractivity contribution is -0.123. The number of imide groups is 1. The molecule has 1 saturated heterocycles. The number of rotatable bonds is 6. The van der Waals surface area contributed by atoms with Crippen molar-refractivity contribution in [1.29, 1.82) is 0 Å². The minimum Gasteiger partial charge on any atom is -0.493 e. The first-order valence-corrected chi connectivity index (χ1v) is 12.5. The highest BCUT2D eigenvalue weighted by atomic mass is 35.5. The first-order chi connectivity index (χ1) is 17.2. The molecule has 184 valence electrons. The Morgan fingerprint density at radius 3 is 2.36 bits per heavy atom. The van der Waals surface area contributed by atoms with Gasteiger partial charge in [0.1, 0.15) is 0 Å². The van der Waals surface area contributed by atoms with E-state index in [2.05, 4.69) is 0 Å². The summed E-state index contributed by atoms with van der Waals surface area (Å²) in [5.74, 6) is -0.800. The number of nitrogens with zero attached hydrogens (tertiary/aromatic N) is 1. The zero-order valence-electron chi connectivity index (χ0n) is 19.0. The molecule has 3 aromatic carbocycles. The molecule has 0 radical (unpaired) electrons. The molecule has 1 fully saturated rings. The topological polar surface area (TPSA) is 72.9 Å². The maximum atomic E-state index is 12.9. The van der Waals surface area contributed by atoms with Gasteiger partial charge in [0.05, 0.1) is 39.2 Å². The van der Waals surface area contributed by atoms with Gasteiger partial charge in [-0.1, -0.05) is 58.6 Å². The van der Waals surface area contributed by atoms with E-state index in [9.17, 15) is 14.4 Å². The molecule has 0 aromatic heterocycles. The number of carbonyl (C=O) groups is 3. The lowest BCUT2D eigenvalue weighted by Gasteiger charge is -2.13. The molecule has 4 rings (SSSR count). The summed E-state index contributed by atoms with van der Waals surface area (Å²) < 4.78 is 10.9. The third-order valence-electron chi connectivity index (χ3n) is 5.23. The maximum Gasteiger partial charge on any atom is 0.343 e. The molecular weight excluding hydrogens is 545 g/mol. The molecular formula is C26H18Cl3NO5S. The van der Waals surface area contributed by atoms with Crippen LogP contribution in [0.4, 0.5) is 4.79 Å². The quantitative estimate of drug-likeness (QED) is 0.177. The molecule has 0 saturated carbocycles. The summed E-state index contributed by atoms with van der Waals surface area (Å²) >= 11 is 19.2. The summed E-state index contributed by atoms with van der Waals surface area (Å²) in [6.45, 7) is 1.96. The van der Waals surface area contributed by atoms with Gasteiger partial charge in [-0.05, 0) is 72.3 Å². The van der Waals surface area contributed by atoms with Crippen LogP contribution >= 0.6 is 46.6 Å². The van der Waals surface area contributed by atoms with E-state index in [1.807, 2.05) is 6.92 Å². The summed E-state index contributed by atoms with van der Waals surface area (Å²) in [5.41, 5.74) is 2.52. The monoisotopic (exact) mass is 561 g/mol. The number of methoxy groups -OCH3 is 1. The van der Waals surface area contributed by atoms with Gasteiger partial charge in [0.2, 0.25) is 0 Å². The van der Waals surface area contributed by atoms with E-state index in [1.165, 1.54) is 19.3 Å². The minimum absolute atomic E-state index is 0.0506. The molecule has 1 aliphatic rings. The van der Waals surface area contributed by atoms with Gasteiger partial charge in [0.25, 0.3) is 11.1 Å². The number of esters is 1. The number of hydrogen-bond acceptors (Lipinski definition) is 6. The molecule has 0 bridgehead atoms. The van der Waals surface area contributed by atoms with Crippen molar-refractivity contribution in [3.63, 3.8) is 0 Å². The highest BCUT2D eigenvalue weighted by Gasteiger charge is 2.35. The smallest absolute Gasteiger partial charge is 0.343 e. The third-order valence-corrected chi connectivity index (χ3v) is 7.16. The normalized spacial score (nSPS) is 14.5. The van der Waals surface area contributed by atoms with E-state index in [4.69, 9.17) is 44.3 Å².